The number of phenols is 1. The summed E-state index contributed by atoms with van der Waals surface area (Å²) in [6.45, 7) is 0. The van der Waals surface area contributed by atoms with E-state index in [0.29, 0.717) is 4.70 Å². The van der Waals surface area contributed by atoms with Crippen LogP contribution in [0.1, 0.15) is 24.0 Å². The van der Waals surface area contributed by atoms with Gasteiger partial charge in [0.1, 0.15) is 10.4 Å². The number of aryl methyl sites for hydroxylation is 2. The number of pyridine rings is 1. The first-order chi connectivity index (χ1) is 12.2. The number of fused-ring (bicyclic) bond motifs is 4. The van der Waals surface area contributed by atoms with Gasteiger partial charge in [-0.15, -0.1) is 11.3 Å². The zero-order chi connectivity index (χ0) is 17.0. The van der Waals surface area contributed by atoms with E-state index in [1.807, 2.05) is 11.4 Å². The number of aromatic amines is 1. The summed E-state index contributed by atoms with van der Waals surface area (Å²) in [4.78, 5) is 15.2. The number of thiophene rings is 1. The number of benzene rings is 2. The summed E-state index contributed by atoms with van der Waals surface area (Å²) < 4.78 is 0.706. The quantitative estimate of drug-likeness (QED) is 0.509. The summed E-state index contributed by atoms with van der Waals surface area (Å²) in [7, 11) is 0. The number of aromatic hydroxyl groups is 1. The lowest BCUT2D eigenvalue weighted by Crippen LogP contribution is -2.05. The molecule has 0 saturated heterocycles. The molecule has 2 aromatic carbocycles. The molecule has 0 saturated carbocycles. The molecule has 1 aliphatic rings. The van der Waals surface area contributed by atoms with Crippen LogP contribution in [0.4, 0.5) is 0 Å². The first-order valence-corrected chi connectivity index (χ1v) is 9.48. The fourth-order valence-corrected chi connectivity index (χ4v) is 4.81. The number of rotatable bonds is 1. The molecule has 0 bridgehead atoms. The number of hydrogen-bond acceptors (Lipinski definition) is 3. The average molecular weight is 347 g/mol. The van der Waals surface area contributed by atoms with Crippen molar-refractivity contribution in [2.45, 2.75) is 25.7 Å². The summed E-state index contributed by atoms with van der Waals surface area (Å²) in [5, 5.41) is 14.4. The van der Waals surface area contributed by atoms with Crippen molar-refractivity contribution in [1.29, 1.82) is 0 Å². The molecule has 2 aromatic heterocycles. The highest BCUT2D eigenvalue weighted by Crippen LogP contribution is 2.40. The van der Waals surface area contributed by atoms with Gasteiger partial charge in [-0.3, -0.25) is 4.79 Å². The second-order valence-corrected chi connectivity index (χ2v) is 7.61. The van der Waals surface area contributed by atoms with Crippen LogP contribution in [0.15, 0.2) is 46.6 Å². The van der Waals surface area contributed by atoms with Gasteiger partial charge >= 0.3 is 0 Å². The summed E-state index contributed by atoms with van der Waals surface area (Å²) in [6, 6.07) is 11.9. The molecule has 0 fully saturated rings. The zero-order valence-electron chi connectivity index (χ0n) is 13.6. The van der Waals surface area contributed by atoms with Gasteiger partial charge in [0.25, 0.3) is 5.56 Å². The lowest BCUT2D eigenvalue weighted by Gasteiger charge is -2.18. The third-order valence-electron chi connectivity index (χ3n) is 5.21. The Morgan fingerprint density at radius 1 is 1.00 bits per heavy atom. The standard InChI is InChI=1S/C21H17NO2S/c23-17-8-7-16-19(15-9-10-25-20(15)21(24)22-16)18(17)14-6-5-12-3-1-2-4-13(12)11-14/h5-11,23H,1-4H2,(H,22,24). The van der Waals surface area contributed by atoms with Gasteiger partial charge < -0.3 is 10.1 Å². The van der Waals surface area contributed by atoms with Gasteiger partial charge in [0, 0.05) is 21.9 Å². The normalized spacial score (nSPS) is 14.1. The molecule has 2 heterocycles. The molecule has 3 nitrogen and oxygen atoms in total. The van der Waals surface area contributed by atoms with Crippen molar-refractivity contribution in [3.05, 3.63) is 63.3 Å². The van der Waals surface area contributed by atoms with E-state index < -0.39 is 0 Å². The van der Waals surface area contributed by atoms with Crippen LogP contribution in [-0.4, -0.2) is 10.1 Å². The summed E-state index contributed by atoms with van der Waals surface area (Å²) in [5.41, 5.74) is 5.32. The third kappa shape index (κ3) is 2.21. The molecule has 124 valence electrons. The molecule has 0 radical (unpaired) electrons. The molecule has 4 heteroatoms. The smallest absolute Gasteiger partial charge is 0.266 e. The van der Waals surface area contributed by atoms with Crippen LogP contribution >= 0.6 is 11.3 Å². The van der Waals surface area contributed by atoms with E-state index in [1.54, 1.807) is 12.1 Å². The van der Waals surface area contributed by atoms with Gasteiger partial charge in [0.2, 0.25) is 0 Å². The predicted molar refractivity (Wildman–Crippen MR) is 104 cm³/mol. The van der Waals surface area contributed by atoms with Crippen molar-refractivity contribution >= 4 is 32.3 Å². The summed E-state index contributed by atoms with van der Waals surface area (Å²) in [6.07, 6.45) is 4.71. The number of H-pyrrole nitrogens is 1. The monoisotopic (exact) mass is 347 g/mol. The van der Waals surface area contributed by atoms with Gasteiger partial charge in [-0.25, -0.2) is 0 Å². The van der Waals surface area contributed by atoms with E-state index in [0.717, 1.165) is 40.3 Å². The van der Waals surface area contributed by atoms with Gasteiger partial charge in [-0.1, -0.05) is 18.2 Å². The van der Waals surface area contributed by atoms with E-state index in [1.165, 1.54) is 35.3 Å². The molecule has 1 aliphatic carbocycles. The van der Waals surface area contributed by atoms with E-state index in [-0.39, 0.29) is 11.3 Å². The largest absolute Gasteiger partial charge is 0.507 e. The molecule has 0 amide bonds. The Bertz CT molecular complexity index is 1190. The molecule has 0 spiro atoms. The summed E-state index contributed by atoms with van der Waals surface area (Å²) >= 11 is 1.44. The van der Waals surface area contributed by atoms with Crippen molar-refractivity contribution in [3.63, 3.8) is 0 Å². The highest BCUT2D eigenvalue weighted by atomic mass is 32.1. The minimum atomic E-state index is -0.0698. The maximum absolute atomic E-state index is 12.3. The molecule has 2 N–H and O–H groups in total. The molecule has 0 atom stereocenters. The number of hydrogen-bond donors (Lipinski definition) is 2. The van der Waals surface area contributed by atoms with Crippen LogP contribution in [-0.2, 0) is 12.8 Å². The van der Waals surface area contributed by atoms with Crippen LogP contribution in [0.2, 0.25) is 0 Å². The van der Waals surface area contributed by atoms with Crippen molar-refractivity contribution in [1.82, 2.24) is 4.98 Å². The van der Waals surface area contributed by atoms with Crippen LogP contribution < -0.4 is 5.56 Å². The lowest BCUT2D eigenvalue weighted by atomic mass is 9.88. The zero-order valence-corrected chi connectivity index (χ0v) is 14.5. The second kappa shape index (κ2) is 5.46. The Balaban J connectivity index is 1.88. The van der Waals surface area contributed by atoms with E-state index >= 15 is 0 Å². The Hall–Kier alpha value is -2.59. The van der Waals surface area contributed by atoms with Crippen molar-refractivity contribution in [3.8, 4) is 16.9 Å². The number of aromatic nitrogens is 1. The predicted octanol–water partition coefficient (Wildman–Crippen LogP) is 4.99. The Kier molecular flexibility index (Phi) is 3.22. The fourth-order valence-electron chi connectivity index (χ4n) is 4.02. The van der Waals surface area contributed by atoms with Gasteiger partial charge in [0.15, 0.2) is 0 Å². The molecular formula is C21H17NO2S. The van der Waals surface area contributed by atoms with Gasteiger partial charge in [-0.05, 0) is 66.0 Å². The fraction of sp³-hybridized carbons (Fsp3) is 0.190. The molecular weight excluding hydrogens is 330 g/mol. The SMILES string of the molecule is O=c1[nH]c2ccc(O)c(-c3ccc4c(c3)CCCC4)c2c2ccsc12. The molecule has 0 unspecified atom stereocenters. The van der Waals surface area contributed by atoms with Crippen LogP contribution in [0.25, 0.3) is 32.1 Å². The topological polar surface area (TPSA) is 53.1 Å². The minimum Gasteiger partial charge on any atom is -0.507 e. The van der Waals surface area contributed by atoms with Crippen LogP contribution in [0.5, 0.6) is 5.75 Å². The first-order valence-electron chi connectivity index (χ1n) is 8.60. The van der Waals surface area contributed by atoms with E-state index in [9.17, 15) is 9.90 Å². The Labute approximate surface area is 148 Å². The number of phenolic OH excluding ortho intramolecular Hbond substituents is 1. The Morgan fingerprint density at radius 3 is 2.72 bits per heavy atom. The van der Waals surface area contributed by atoms with Gasteiger partial charge in [-0.2, -0.15) is 0 Å². The summed E-state index contributed by atoms with van der Waals surface area (Å²) in [5.74, 6) is 0.253. The van der Waals surface area contributed by atoms with E-state index in [4.69, 9.17) is 0 Å². The van der Waals surface area contributed by atoms with Crippen LogP contribution in [0.3, 0.4) is 0 Å². The number of nitrogens with one attached hydrogen (secondary N) is 1. The Morgan fingerprint density at radius 2 is 1.84 bits per heavy atom. The third-order valence-corrected chi connectivity index (χ3v) is 6.12. The average Bonchev–Trinajstić information content (AvgIpc) is 3.12. The second-order valence-electron chi connectivity index (χ2n) is 6.69. The van der Waals surface area contributed by atoms with E-state index in [2.05, 4.69) is 23.2 Å². The lowest BCUT2D eigenvalue weighted by molar-refractivity contribution is 0.478. The molecule has 25 heavy (non-hydrogen) atoms. The minimum absolute atomic E-state index is 0.0698. The maximum Gasteiger partial charge on any atom is 0.266 e. The van der Waals surface area contributed by atoms with Gasteiger partial charge in [0.05, 0.1) is 0 Å². The molecule has 0 aliphatic heterocycles. The highest BCUT2D eigenvalue weighted by Gasteiger charge is 2.17. The van der Waals surface area contributed by atoms with Crippen LogP contribution in [0, 0.1) is 0 Å². The molecule has 5 rings (SSSR count). The highest BCUT2D eigenvalue weighted by molar-refractivity contribution is 7.17. The first kappa shape index (κ1) is 14.7. The maximum atomic E-state index is 12.3. The van der Waals surface area contributed by atoms with Crippen molar-refractivity contribution in [2.75, 3.05) is 0 Å². The van der Waals surface area contributed by atoms with Crippen molar-refractivity contribution < 1.29 is 5.11 Å². The molecule has 4 aromatic rings. The van der Waals surface area contributed by atoms with Crippen molar-refractivity contribution in [2.24, 2.45) is 0 Å².